The highest BCUT2D eigenvalue weighted by atomic mass is 35.5. The lowest BCUT2D eigenvalue weighted by molar-refractivity contribution is -0.120. The van der Waals surface area contributed by atoms with Crippen LogP contribution in [0.15, 0.2) is 48.5 Å². The molecule has 1 unspecified atom stereocenters. The van der Waals surface area contributed by atoms with Gasteiger partial charge in [-0.15, -0.1) is 0 Å². The van der Waals surface area contributed by atoms with Crippen molar-refractivity contribution in [2.24, 2.45) is 5.92 Å². The van der Waals surface area contributed by atoms with E-state index in [4.69, 9.17) is 11.6 Å². The molecule has 0 saturated carbocycles. The first-order chi connectivity index (χ1) is 12.7. The fraction of sp³-hybridized carbons (Fsp3) is 0.381. The molecule has 2 aliphatic heterocycles. The highest BCUT2D eigenvalue weighted by molar-refractivity contribution is 6.31. The first-order valence-corrected chi connectivity index (χ1v) is 9.70. The minimum Gasteiger partial charge on any atom is -0.312 e. The maximum Gasteiger partial charge on any atom is 0.230 e. The van der Waals surface area contributed by atoms with E-state index in [1.165, 1.54) is 5.56 Å². The van der Waals surface area contributed by atoms with Crippen LogP contribution in [0.2, 0.25) is 5.02 Å². The molecular weight excluding hydrogens is 346 g/mol. The third kappa shape index (κ3) is 3.63. The quantitative estimate of drug-likeness (QED) is 0.847. The minimum atomic E-state index is 0.0918. The highest BCUT2D eigenvalue weighted by Crippen LogP contribution is 2.30. The van der Waals surface area contributed by atoms with Crippen molar-refractivity contribution >= 4 is 23.2 Å². The van der Waals surface area contributed by atoms with Gasteiger partial charge in [0.2, 0.25) is 5.91 Å². The van der Waals surface area contributed by atoms with E-state index in [1.54, 1.807) is 0 Å². The Hall–Kier alpha value is -1.88. The Kier molecular flexibility index (Phi) is 5.25. The molecule has 1 amide bonds. The van der Waals surface area contributed by atoms with Crippen molar-refractivity contribution in [2.45, 2.75) is 25.2 Å². The van der Waals surface area contributed by atoms with Gasteiger partial charge in [-0.25, -0.2) is 0 Å². The van der Waals surface area contributed by atoms with E-state index in [0.717, 1.165) is 55.2 Å². The van der Waals surface area contributed by atoms with E-state index in [1.807, 2.05) is 29.2 Å². The molecule has 26 heavy (non-hydrogen) atoms. The van der Waals surface area contributed by atoms with Gasteiger partial charge in [0.15, 0.2) is 0 Å². The van der Waals surface area contributed by atoms with E-state index >= 15 is 0 Å². The molecule has 2 fully saturated rings. The Balaban J connectivity index is 1.38. The van der Waals surface area contributed by atoms with Gasteiger partial charge in [0.05, 0.1) is 0 Å². The summed E-state index contributed by atoms with van der Waals surface area (Å²) in [5.74, 6) is 0.838. The largest absolute Gasteiger partial charge is 0.312 e. The van der Waals surface area contributed by atoms with Crippen LogP contribution in [0.5, 0.6) is 0 Å². The molecule has 5 heteroatoms. The van der Waals surface area contributed by atoms with Gasteiger partial charge in [0.1, 0.15) is 0 Å². The zero-order chi connectivity index (χ0) is 17.9. The number of hydrogen-bond donors (Lipinski definition) is 2. The summed E-state index contributed by atoms with van der Waals surface area (Å²) in [5, 5.41) is 0.793. The molecule has 0 aliphatic carbocycles. The molecule has 1 atom stereocenters. The lowest BCUT2D eigenvalue weighted by atomic mass is 9.98. The summed E-state index contributed by atoms with van der Waals surface area (Å²) in [5.41, 5.74) is 9.78. The third-order valence-electron chi connectivity index (χ3n) is 5.53. The maximum atomic E-state index is 12.8. The van der Waals surface area contributed by atoms with Crippen molar-refractivity contribution in [3.63, 3.8) is 0 Å². The summed E-state index contributed by atoms with van der Waals surface area (Å²) < 4.78 is 0. The first kappa shape index (κ1) is 17.5. The van der Waals surface area contributed by atoms with E-state index in [9.17, 15) is 4.79 Å². The SMILES string of the molecule is O=C1C(CCc2ccccc2Cl)CCN1c1ccc(C2CNNC2)cc1. The number of amides is 1. The molecule has 0 bridgehead atoms. The monoisotopic (exact) mass is 369 g/mol. The predicted octanol–water partition coefficient (Wildman–Crippen LogP) is 3.52. The third-order valence-corrected chi connectivity index (χ3v) is 5.90. The fourth-order valence-corrected chi connectivity index (χ4v) is 4.15. The summed E-state index contributed by atoms with van der Waals surface area (Å²) in [7, 11) is 0. The zero-order valence-corrected chi connectivity index (χ0v) is 15.5. The molecule has 2 heterocycles. The first-order valence-electron chi connectivity index (χ1n) is 9.33. The fourth-order valence-electron chi connectivity index (χ4n) is 3.92. The molecule has 0 aromatic heterocycles. The number of carbonyl (C=O) groups excluding carboxylic acids is 1. The van der Waals surface area contributed by atoms with Gasteiger partial charge in [0, 0.05) is 42.2 Å². The molecule has 2 aromatic rings. The Labute approximate surface area is 159 Å². The molecule has 0 spiro atoms. The van der Waals surface area contributed by atoms with Gasteiger partial charge >= 0.3 is 0 Å². The van der Waals surface area contributed by atoms with Crippen molar-refractivity contribution < 1.29 is 4.79 Å². The number of halogens is 1. The van der Waals surface area contributed by atoms with E-state index < -0.39 is 0 Å². The van der Waals surface area contributed by atoms with Crippen LogP contribution in [0.25, 0.3) is 0 Å². The van der Waals surface area contributed by atoms with Gasteiger partial charge in [-0.2, -0.15) is 0 Å². The number of rotatable bonds is 5. The molecule has 4 nitrogen and oxygen atoms in total. The molecular formula is C21H24ClN3O. The normalized spacial score (nSPS) is 20.9. The van der Waals surface area contributed by atoms with Crippen LogP contribution in [-0.2, 0) is 11.2 Å². The number of nitrogens with zero attached hydrogens (tertiary/aromatic N) is 1. The van der Waals surface area contributed by atoms with Crippen LogP contribution in [-0.4, -0.2) is 25.5 Å². The number of aryl methyl sites for hydroxylation is 1. The van der Waals surface area contributed by atoms with Crippen molar-refractivity contribution in [3.05, 3.63) is 64.7 Å². The predicted molar refractivity (Wildman–Crippen MR) is 105 cm³/mol. The number of benzene rings is 2. The summed E-state index contributed by atoms with van der Waals surface area (Å²) in [4.78, 5) is 14.8. The molecule has 2 saturated heterocycles. The molecule has 136 valence electrons. The van der Waals surface area contributed by atoms with Gasteiger partial charge in [-0.05, 0) is 48.6 Å². The highest BCUT2D eigenvalue weighted by Gasteiger charge is 2.32. The standard InChI is InChI=1S/C21H24ClN3O/c22-20-4-2-1-3-16(20)5-6-17-11-12-25(21(17)26)19-9-7-15(8-10-19)18-13-23-24-14-18/h1-4,7-10,17-18,23-24H,5-6,11-14H2. The number of hydrazine groups is 1. The number of carbonyl (C=O) groups is 1. The summed E-state index contributed by atoms with van der Waals surface area (Å²) >= 11 is 6.24. The van der Waals surface area contributed by atoms with Crippen molar-refractivity contribution in [3.8, 4) is 0 Å². The topological polar surface area (TPSA) is 44.4 Å². The summed E-state index contributed by atoms with van der Waals surface area (Å²) in [6.07, 6.45) is 2.63. The summed E-state index contributed by atoms with van der Waals surface area (Å²) in [6, 6.07) is 16.4. The lowest BCUT2D eigenvalue weighted by Gasteiger charge is -2.18. The Morgan fingerprint density at radius 2 is 1.77 bits per heavy atom. The Bertz CT molecular complexity index is 771. The van der Waals surface area contributed by atoms with E-state index in [0.29, 0.717) is 5.92 Å². The average Bonchev–Trinajstić information content (AvgIpc) is 3.32. The van der Waals surface area contributed by atoms with Crippen molar-refractivity contribution in [1.29, 1.82) is 0 Å². The minimum absolute atomic E-state index is 0.0918. The molecule has 2 aromatic carbocycles. The Morgan fingerprint density at radius 3 is 2.50 bits per heavy atom. The van der Waals surface area contributed by atoms with Gasteiger partial charge in [-0.3, -0.25) is 15.6 Å². The van der Waals surface area contributed by atoms with Crippen molar-refractivity contribution in [2.75, 3.05) is 24.5 Å². The van der Waals surface area contributed by atoms with Crippen LogP contribution in [0.1, 0.15) is 29.9 Å². The smallest absolute Gasteiger partial charge is 0.230 e. The molecule has 2 N–H and O–H groups in total. The second-order valence-electron chi connectivity index (χ2n) is 7.16. The average molecular weight is 370 g/mol. The maximum absolute atomic E-state index is 12.8. The second kappa shape index (κ2) is 7.78. The van der Waals surface area contributed by atoms with Gasteiger partial charge < -0.3 is 4.90 Å². The van der Waals surface area contributed by atoms with Crippen LogP contribution in [0, 0.1) is 5.92 Å². The number of nitrogens with one attached hydrogen (secondary N) is 2. The van der Waals surface area contributed by atoms with Crippen LogP contribution < -0.4 is 15.8 Å². The second-order valence-corrected chi connectivity index (χ2v) is 7.56. The Morgan fingerprint density at radius 1 is 1.04 bits per heavy atom. The number of anilines is 1. The van der Waals surface area contributed by atoms with Crippen LogP contribution in [0.4, 0.5) is 5.69 Å². The van der Waals surface area contributed by atoms with E-state index in [-0.39, 0.29) is 11.8 Å². The van der Waals surface area contributed by atoms with Gasteiger partial charge in [-0.1, -0.05) is 41.9 Å². The molecule has 2 aliphatic rings. The number of hydrogen-bond acceptors (Lipinski definition) is 3. The van der Waals surface area contributed by atoms with Crippen LogP contribution in [0.3, 0.4) is 0 Å². The molecule has 4 rings (SSSR count). The lowest BCUT2D eigenvalue weighted by Crippen LogP contribution is -2.27. The van der Waals surface area contributed by atoms with E-state index in [2.05, 4.69) is 35.1 Å². The molecule has 0 radical (unpaired) electrons. The van der Waals surface area contributed by atoms with Gasteiger partial charge in [0.25, 0.3) is 0 Å². The summed E-state index contributed by atoms with van der Waals surface area (Å²) in [6.45, 7) is 2.70. The van der Waals surface area contributed by atoms with Crippen LogP contribution >= 0.6 is 11.6 Å². The zero-order valence-electron chi connectivity index (χ0n) is 14.7. The van der Waals surface area contributed by atoms with Crippen molar-refractivity contribution in [1.82, 2.24) is 10.9 Å².